The Morgan fingerprint density at radius 3 is 2.08 bits per heavy atom. The Morgan fingerprint density at radius 2 is 1.49 bits per heavy atom. The van der Waals surface area contributed by atoms with Crippen molar-refractivity contribution in [2.75, 3.05) is 40.6 Å². The lowest BCUT2D eigenvalue weighted by Crippen LogP contribution is -2.45. The highest BCUT2D eigenvalue weighted by Crippen LogP contribution is 2.29. The summed E-state index contributed by atoms with van der Waals surface area (Å²) in [6, 6.07) is 12.6. The number of carbonyl (C=O) groups excluding carboxylic acids is 2. The molecule has 2 aromatic rings. The first-order valence-electron chi connectivity index (χ1n) is 13.2. The van der Waals surface area contributed by atoms with Gasteiger partial charge in [-0.1, -0.05) is 12.5 Å². The Labute approximate surface area is 232 Å². The maximum atomic E-state index is 12.7. The number of esters is 2. The van der Waals surface area contributed by atoms with Crippen LogP contribution in [0.25, 0.3) is 6.08 Å². The van der Waals surface area contributed by atoms with E-state index in [1.807, 2.05) is 20.8 Å². The van der Waals surface area contributed by atoms with E-state index in [0.717, 1.165) is 25.3 Å². The van der Waals surface area contributed by atoms with Gasteiger partial charge in [-0.2, -0.15) is 0 Å². The van der Waals surface area contributed by atoms with Crippen molar-refractivity contribution in [1.29, 1.82) is 0 Å². The third kappa shape index (κ3) is 10.8. The van der Waals surface area contributed by atoms with E-state index in [0.29, 0.717) is 49.1 Å². The van der Waals surface area contributed by atoms with Crippen molar-refractivity contribution in [3.05, 3.63) is 59.7 Å². The van der Waals surface area contributed by atoms with Crippen molar-refractivity contribution in [3.63, 3.8) is 0 Å². The molecule has 0 heterocycles. The Balaban J connectivity index is 1.83. The molecule has 10 heteroatoms. The highest BCUT2D eigenvalue weighted by molar-refractivity contribution is 6.60. The van der Waals surface area contributed by atoms with Gasteiger partial charge in [-0.3, -0.25) is 0 Å². The molecule has 0 spiro atoms. The normalized spacial score (nSPS) is 11.4. The van der Waals surface area contributed by atoms with E-state index in [-0.39, 0.29) is 5.75 Å². The van der Waals surface area contributed by atoms with Gasteiger partial charge in [-0.15, -0.1) is 0 Å². The molecule has 0 atom stereocenters. The molecular weight excluding hydrogens is 520 g/mol. The number of unbranched alkanes of at least 4 members (excludes halogenated alkanes) is 2. The summed E-state index contributed by atoms with van der Waals surface area (Å²) < 4.78 is 39.0. The number of carbonyl (C=O) groups is 2. The molecule has 0 bridgehead atoms. The second-order valence-electron chi connectivity index (χ2n) is 8.32. The van der Waals surface area contributed by atoms with Crippen LogP contribution in [0.2, 0.25) is 6.04 Å². The standard InChI is InChI=1S/C29H40O9Si/c1-6-35-39(36-7-2,37-8-3)21-11-9-10-20-34-25-16-14-24(15-17-25)29(31)38-26-18-12-23(22-27(26)32-4)13-19-28(30)33-5/h12-19,22H,6-11,20-21H2,1-5H3/b19-13+. The van der Waals surface area contributed by atoms with E-state index in [1.165, 1.54) is 20.3 Å². The molecule has 0 radical (unpaired) electrons. The fourth-order valence-corrected chi connectivity index (χ4v) is 6.45. The average Bonchev–Trinajstić information content (AvgIpc) is 2.94. The second-order valence-corrected chi connectivity index (χ2v) is 11.1. The highest BCUT2D eigenvalue weighted by atomic mass is 28.4. The Hall–Kier alpha value is -3.18. The molecule has 0 saturated heterocycles. The van der Waals surface area contributed by atoms with E-state index < -0.39 is 20.7 Å². The number of ether oxygens (including phenoxy) is 4. The summed E-state index contributed by atoms with van der Waals surface area (Å²) in [5.41, 5.74) is 1.07. The summed E-state index contributed by atoms with van der Waals surface area (Å²) in [4.78, 5) is 24.0. The monoisotopic (exact) mass is 560 g/mol. The number of methoxy groups -OCH3 is 2. The SMILES string of the molecule is CCO[Si](CCCCCOc1ccc(C(=O)Oc2ccc(/C=C/C(=O)OC)cc2OC)cc1)(OCC)OCC. The summed E-state index contributed by atoms with van der Waals surface area (Å²) in [6.45, 7) is 8.17. The molecular formula is C29H40O9Si. The van der Waals surface area contributed by atoms with Gasteiger partial charge in [-0.05, 0) is 81.7 Å². The molecule has 0 aromatic heterocycles. The molecule has 214 valence electrons. The van der Waals surface area contributed by atoms with Crippen molar-refractivity contribution in [2.24, 2.45) is 0 Å². The molecule has 0 unspecified atom stereocenters. The maximum Gasteiger partial charge on any atom is 0.500 e. The van der Waals surface area contributed by atoms with Crippen LogP contribution >= 0.6 is 0 Å². The highest BCUT2D eigenvalue weighted by Gasteiger charge is 2.39. The average molecular weight is 561 g/mol. The summed E-state index contributed by atoms with van der Waals surface area (Å²) >= 11 is 0. The Bertz CT molecular complexity index is 1040. The third-order valence-electron chi connectivity index (χ3n) is 5.58. The zero-order chi connectivity index (χ0) is 28.5. The quantitative estimate of drug-likeness (QED) is 0.0747. The molecule has 0 fully saturated rings. The lowest BCUT2D eigenvalue weighted by Gasteiger charge is -2.28. The van der Waals surface area contributed by atoms with Crippen LogP contribution in [0, 0.1) is 0 Å². The number of hydrogen-bond acceptors (Lipinski definition) is 9. The van der Waals surface area contributed by atoms with Crippen LogP contribution in [0.3, 0.4) is 0 Å². The van der Waals surface area contributed by atoms with Crippen molar-refractivity contribution >= 4 is 26.8 Å². The van der Waals surface area contributed by atoms with Crippen molar-refractivity contribution in [1.82, 2.24) is 0 Å². The molecule has 2 rings (SSSR count). The van der Waals surface area contributed by atoms with E-state index in [9.17, 15) is 9.59 Å². The number of benzene rings is 2. The van der Waals surface area contributed by atoms with E-state index in [2.05, 4.69) is 4.74 Å². The Kier molecular flexibility index (Phi) is 14.3. The summed E-state index contributed by atoms with van der Waals surface area (Å²) in [5.74, 6) is 0.305. The van der Waals surface area contributed by atoms with E-state index in [1.54, 1.807) is 48.5 Å². The van der Waals surface area contributed by atoms with E-state index >= 15 is 0 Å². The van der Waals surface area contributed by atoms with Gasteiger partial charge in [0.05, 0.1) is 26.4 Å². The summed E-state index contributed by atoms with van der Waals surface area (Å²) in [7, 11) is 0.183. The van der Waals surface area contributed by atoms with Crippen molar-refractivity contribution < 1.29 is 41.8 Å². The molecule has 39 heavy (non-hydrogen) atoms. The molecule has 0 N–H and O–H groups in total. The van der Waals surface area contributed by atoms with Crippen LogP contribution in [0.4, 0.5) is 0 Å². The number of rotatable bonds is 18. The fourth-order valence-electron chi connectivity index (χ4n) is 3.76. The van der Waals surface area contributed by atoms with Crippen molar-refractivity contribution in [2.45, 2.75) is 46.1 Å². The third-order valence-corrected chi connectivity index (χ3v) is 8.73. The molecule has 0 aliphatic carbocycles. The van der Waals surface area contributed by atoms with Gasteiger partial charge in [0.25, 0.3) is 0 Å². The van der Waals surface area contributed by atoms with Crippen LogP contribution < -0.4 is 14.2 Å². The predicted octanol–water partition coefficient (Wildman–Crippen LogP) is 5.70. The zero-order valence-electron chi connectivity index (χ0n) is 23.5. The maximum absolute atomic E-state index is 12.7. The van der Waals surface area contributed by atoms with Crippen LogP contribution in [0.15, 0.2) is 48.5 Å². The van der Waals surface area contributed by atoms with Gasteiger partial charge >= 0.3 is 20.7 Å². The van der Waals surface area contributed by atoms with Crippen molar-refractivity contribution in [3.8, 4) is 17.2 Å². The van der Waals surface area contributed by atoms with Crippen LogP contribution in [0.1, 0.15) is 56.0 Å². The molecule has 0 aliphatic heterocycles. The van der Waals surface area contributed by atoms with Gasteiger partial charge in [0.1, 0.15) is 5.75 Å². The van der Waals surface area contributed by atoms with Crippen LogP contribution in [-0.4, -0.2) is 61.4 Å². The summed E-state index contributed by atoms with van der Waals surface area (Å²) in [6.07, 6.45) is 5.65. The molecule has 2 aromatic carbocycles. The second kappa shape index (κ2) is 17.4. The van der Waals surface area contributed by atoms with Crippen LogP contribution in [-0.2, 0) is 22.8 Å². The minimum absolute atomic E-state index is 0.267. The largest absolute Gasteiger partial charge is 0.500 e. The topological polar surface area (TPSA) is 98.8 Å². The summed E-state index contributed by atoms with van der Waals surface area (Å²) in [5, 5.41) is 0. The minimum atomic E-state index is -2.60. The first-order valence-corrected chi connectivity index (χ1v) is 15.1. The lowest BCUT2D eigenvalue weighted by molar-refractivity contribution is -0.134. The predicted molar refractivity (Wildman–Crippen MR) is 150 cm³/mol. The molecule has 0 aliphatic rings. The zero-order valence-corrected chi connectivity index (χ0v) is 24.5. The fraction of sp³-hybridized carbons (Fsp3) is 0.448. The van der Waals surface area contributed by atoms with E-state index in [4.69, 9.17) is 27.5 Å². The number of hydrogen-bond donors (Lipinski definition) is 0. The first-order chi connectivity index (χ1) is 18.9. The van der Waals surface area contributed by atoms with Gasteiger partial charge < -0.3 is 32.2 Å². The smallest absolute Gasteiger partial charge is 0.494 e. The van der Waals surface area contributed by atoms with Gasteiger partial charge in [0, 0.05) is 31.9 Å². The molecule has 0 amide bonds. The van der Waals surface area contributed by atoms with Crippen LogP contribution in [0.5, 0.6) is 17.2 Å². The Morgan fingerprint density at radius 1 is 0.821 bits per heavy atom. The first kappa shape index (κ1) is 32.0. The molecule has 9 nitrogen and oxygen atoms in total. The van der Waals surface area contributed by atoms with Gasteiger partial charge in [0.2, 0.25) is 0 Å². The lowest BCUT2D eigenvalue weighted by atomic mass is 10.2. The van der Waals surface area contributed by atoms with Gasteiger partial charge in [-0.25, -0.2) is 9.59 Å². The minimum Gasteiger partial charge on any atom is -0.494 e. The van der Waals surface area contributed by atoms with Gasteiger partial charge in [0.15, 0.2) is 11.5 Å². The molecule has 0 saturated carbocycles.